The van der Waals surface area contributed by atoms with Gasteiger partial charge in [0.15, 0.2) is 80.3 Å². The van der Waals surface area contributed by atoms with E-state index in [2.05, 4.69) is 38.2 Å². The molecule has 7 fully saturated rings. The molecule has 0 saturated carbocycles. The number of aliphatic hydroxyl groups is 7. The summed E-state index contributed by atoms with van der Waals surface area (Å²) in [6, 6.07) is 1.32. The third-order valence-corrected chi connectivity index (χ3v) is 25.0. The second-order valence-electron chi connectivity index (χ2n) is 30.7. The van der Waals surface area contributed by atoms with Crippen molar-refractivity contribution in [2.24, 2.45) is 0 Å². The van der Waals surface area contributed by atoms with Gasteiger partial charge in [0, 0.05) is 13.8 Å². The van der Waals surface area contributed by atoms with Crippen molar-refractivity contribution in [1.82, 2.24) is 10.6 Å². The molecule has 0 radical (unpaired) electrons. The minimum Gasteiger partial charge on any atom is -0.502 e. The van der Waals surface area contributed by atoms with Crippen LogP contribution in [0.25, 0.3) is 0 Å². The number of carbonyl (C=O) groups is 5. The van der Waals surface area contributed by atoms with Gasteiger partial charge >= 0.3 is 122 Å². The molecule has 0 aliphatic carbocycles. The molecule has 1 aromatic rings. The minimum atomic E-state index is -6.44. The highest BCUT2D eigenvalue weighted by atomic mass is 32.3. The lowest BCUT2D eigenvalue weighted by Crippen LogP contribution is -2.72. The fourth-order valence-electron chi connectivity index (χ4n) is 14.8. The van der Waals surface area contributed by atoms with Crippen LogP contribution in [-0.4, -0.2) is 463 Å². The molecule has 7 aliphatic heterocycles. The van der Waals surface area contributed by atoms with Crippen molar-refractivity contribution >= 4 is 134 Å². The van der Waals surface area contributed by atoms with Crippen molar-refractivity contribution in [2.45, 2.75) is 268 Å². The summed E-state index contributed by atoms with van der Waals surface area (Å²) in [7, 11) is -59.0. The predicted octanol–water partition coefficient (Wildman–Crippen LogP) is -12.7. The monoisotopic (exact) mass is 2310 g/mol. The van der Waals surface area contributed by atoms with Gasteiger partial charge < -0.3 is 132 Å². The van der Waals surface area contributed by atoms with E-state index in [-0.39, 0.29) is 11.6 Å². The first-order valence-corrected chi connectivity index (χ1v) is 53.2. The molecule has 37 atom stereocenters. The van der Waals surface area contributed by atoms with E-state index in [0.717, 1.165) is 13.8 Å². The Labute approximate surface area is 813 Å². The summed E-state index contributed by atoms with van der Waals surface area (Å²) in [5.41, 5.74) is 0.200. The fourth-order valence-corrected chi connectivity index (χ4v) is 19.6. The number of benzene rings is 1. The van der Waals surface area contributed by atoms with Gasteiger partial charge in [-0.2, -0.15) is 84.2 Å². The molecule has 19 N–H and O–H groups in total. The summed E-state index contributed by atoms with van der Waals surface area (Å²) < 4.78 is 500. The molecule has 2 amide bonds. The van der Waals surface area contributed by atoms with Gasteiger partial charge in [0.05, 0.1) is 66.1 Å². The number of hydrogen-bond donors (Lipinski definition) is 19. The Kier molecular flexibility index (Phi) is 42.4. The molecule has 15 unspecified atom stereocenters. The first kappa shape index (κ1) is 123. The molecule has 8 rings (SSSR count). The molecule has 0 spiro atoms. The van der Waals surface area contributed by atoms with Crippen LogP contribution in [0.15, 0.2) is 42.2 Å². The van der Waals surface area contributed by atoms with Crippen molar-refractivity contribution < 1.29 is 317 Å². The number of amides is 2. The number of hydrogen-bond acceptors (Lipinski definition) is 60. The van der Waals surface area contributed by atoms with Crippen molar-refractivity contribution in [1.29, 1.82) is 0 Å². The molecule has 1 aromatic carbocycles. The van der Waals surface area contributed by atoms with Gasteiger partial charge in [-0.3, -0.25) is 55.1 Å². The van der Waals surface area contributed by atoms with E-state index < -0.39 is 393 Å². The Hall–Kier alpha value is -6.03. The van der Waals surface area contributed by atoms with Crippen LogP contribution >= 0.6 is 0 Å². The second kappa shape index (κ2) is 49.6. The van der Waals surface area contributed by atoms with Crippen LogP contribution in [0.2, 0.25) is 0 Å². The zero-order chi connectivity index (χ0) is 109. The zero-order valence-corrected chi connectivity index (χ0v) is 81.6. The van der Waals surface area contributed by atoms with Gasteiger partial charge in [-0.1, -0.05) is 30.3 Å². The van der Waals surface area contributed by atoms with E-state index in [0.29, 0.717) is 42.1 Å². The van der Waals surface area contributed by atoms with Crippen molar-refractivity contribution in [3.8, 4) is 0 Å². The normalized spacial score (nSPS) is 35.9. The molecule has 7 heterocycles. The highest BCUT2D eigenvalue weighted by Crippen LogP contribution is 2.43. The van der Waals surface area contributed by atoms with Gasteiger partial charge in [0.25, 0.3) is 0 Å². The smallest absolute Gasteiger partial charge is 0.397 e. The van der Waals surface area contributed by atoms with Gasteiger partial charge in [-0.05, 0) is 32.4 Å². The number of methoxy groups -OCH3 is 3. The average molecular weight is 2310 g/mol. The van der Waals surface area contributed by atoms with Crippen LogP contribution in [0.3, 0.4) is 0 Å². The lowest BCUT2D eigenvalue weighted by atomic mass is 9.93. The topological polar surface area (TPSA) is 1050 Å². The third kappa shape index (κ3) is 36.1. The number of rotatable bonds is 47. The van der Waals surface area contributed by atoms with Gasteiger partial charge in [0.1, 0.15) is 134 Å². The Bertz CT molecular complexity index is 5830. The van der Waals surface area contributed by atoms with Gasteiger partial charge in [-0.15, -0.1) is 0 Å². The Morgan fingerprint density at radius 3 is 1.03 bits per heavy atom. The summed E-state index contributed by atoms with van der Waals surface area (Å²) >= 11 is 0. The highest BCUT2D eigenvalue weighted by molar-refractivity contribution is 7.83. The molecule has 72 nitrogen and oxygen atoms in total. The molecule has 7 aliphatic rings. The average Bonchev–Trinajstić information content (AvgIpc) is 0.745. The van der Waals surface area contributed by atoms with E-state index in [9.17, 15) is 185 Å². The molecule has 0 aromatic heterocycles. The van der Waals surface area contributed by atoms with Crippen LogP contribution in [0.1, 0.15) is 40.2 Å². The molecular weight excluding hydrogens is 2210 g/mol. The Balaban J connectivity index is 1.37. The van der Waals surface area contributed by atoms with Crippen LogP contribution in [0.5, 0.6) is 0 Å². The Morgan fingerprint density at radius 1 is 0.361 bits per heavy atom. The third-order valence-electron chi connectivity index (χ3n) is 20.4. The van der Waals surface area contributed by atoms with E-state index in [1.807, 2.05) is 10.6 Å². The van der Waals surface area contributed by atoms with Crippen LogP contribution in [-0.2, 0) is 262 Å². The van der Waals surface area contributed by atoms with E-state index in [1.54, 1.807) is 0 Å². The number of esters is 3. The fraction of sp³-hybridized carbons (Fsp3) is 0.790. The number of ether oxygens (including phenoxy) is 18. The molecule has 144 heavy (non-hydrogen) atoms. The maximum atomic E-state index is 15.0. The summed E-state index contributed by atoms with van der Waals surface area (Å²) in [4.78, 5) is 70.1. The van der Waals surface area contributed by atoms with Crippen LogP contribution in [0.4, 0.5) is 0 Å². The summed E-state index contributed by atoms with van der Waals surface area (Å²) in [5.74, 6) is -10.5. The maximum absolute atomic E-state index is 15.0. The van der Waals surface area contributed by atoms with Gasteiger partial charge in [0.2, 0.25) is 11.8 Å². The van der Waals surface area contributed by atoms with E-state index >= 15 is 4.79 Å². The number of carbonyl (C=O) groups excluding carboxylic acids is 5. The quantitative estimate of drug-likeness (QED) is 0.00947. The predicted molar refractivity (Wildman–Crippen MR) is 432 cm³/mol. The summed E-state index contributed by atoms with van der Waals surface area (Å²) in [5, 5.41) is 87.6. The van der Waals surface area contributed by atoms with E-state index in [4.69, 9.17) is 88.9 Å². The molecule has 82 heteroatoms. The first-order chi connectivity index (χ1) is 66.0. The number of nitrogens with one attached hydrogen (secondary N) is 2. The highest BCUT2D eigenvalue weighted by Gasteiger charge is 2.64. The van der Waals surface area contributed by atoms with Crippen LogP contribution < -0.4 is 10.6 Å². The van der Waals surface area contributed by atoms with E-state index in [1.165, 1.54) is 30.3 Å². The molecule has 0 bridgehead atoms. The zero-order valence-electron chi connectivity index (χ0n) is 73.5. The SMILES string of the molecule is COC(=O)/C(O)=C/[C@H](O[C@@H]1OC(C)[C@@H](OS(=O)(=O)O)[C@H](O)C1OS(=O)(=O)O)C(O)CO[C@@H]1C(NC(C)=O)[C@H](O[C@@H]2C(C(=O)OC)O[C@@H](O[C@@H]3C(NC(C)=O)[C@H](O[C@@H]4C(C(=O)OC)O[C@@H](OCc5ccccc5)C(O)[C@H]4O[C@@H]4OC(C)[C@@H](OS(=O)(=O)O)[C@H](O)C4OS(=O)(=O)O)OC(COS(=O)(=O)O)[C@@H]3OS(=O)(=O)O)[C@@H](O)C2O[C@@H]2OC(C)[C@@H](OS(=O)(=O)O)[C@H](O)C2OS(=O)(=O)O)OC(COS(=O)(=O)O)[C@@H]1OS(=O)(=O)O. The maximum Gasteiger partial charge on any atom is 0.397 e. The largest absolute Gasteiger partial charge is 0.502 e. The first-order valence-electron chi connectivity index (χ1n) is 39.5. The molecule has 7 saturated heterocycles. The lowest BCUT2D eigenvalue weighted by Gasteiger charge is -2.52. The second-order valence-corrected chi connectivity index (χ2v) is 41.2. The molecular formula is C62H94N2O70S10. The Morgan fingerprint density at radius 2 is 0.681 bits per heavy atom. The van der Waals surface area contributed by atoms with Crippen molar-refractivity contribution in [2.75, 3.05) is 41.2 Å². The summed E-state index contributed by atoms with van der Waals surface area (Å²) in [6.07, 6.45) is -102. The molecule has 832 valence electrons. The van der Waals surface area contributed by atoms with Crippen LogP contribution in [0, 0.1) is 0 Å². The van der Waals surface area contributed by atoms with Crippen molar-refractivity contribution in [3.05, 3.63) is 47.7 Å². The summed E-state index contributed by atoms with van der Waals surface area (Å²) in [6.45, 7) is -3.35. The minimum absolute atomic E-state index is 0.0739. The number of aliphatic hydroxyl groups excluding tert-OH is 7. The van der Waals surface area contributed by atoms with Crippen molar-refractivity contribution in [3.63, 3.8) is 0 Å². The van der Waals surface area contributed by atoms with Gasteiger partial charge in [-0.25, -0.2) is 56.2 Å². The lowest BCUT2D eigenvalue weighted by molar-refractivity contribution is -0.390. The standard InChI is InChI=1S/C62H94N2O70S10/c1-19-37(127-137(83,84)85)32(69)46(132-142(98,99)100)60(114-19)117-27(14-25(67)53(74)107-6)26(68)16-110-42-30(63-22(4)65)56(118-28(17-112-135(77,78)79)40(42)130-140(92,93)94)123-50-45(122-62-48(134-144(104,105)106)34(71)39(21(3)116-62)129-139(89,90)91)36(73)59(126-52(50)55(76)109-8)120-43-31(64-23(5)66)57(119-29(18-113-136(80,81)82)41(43)131-141(95,96)97)124-49-44(35(72)58(125-51(49)54(75)108-7)111-15-24-12-10-9-11-13-24)121-61-47(133-143(101,102)103)33(70)38(20(2)115-61)128-138(86,87)88/h9-14,19-21,26-52,56-62,67-73H,15-18H2,1-8H3,(H,63,65)(H,64,66)(H,77,78,79)(H,80,81,82)(H,83,84,85)(H,86,87,88)(H,89,90,91)(H,92,93,94)(H,95,96,97)(H,98,99,100)(H,101,102,103)(H,104,105,106)/b25-14-/t19?,20?,21?,26?,27-,28?,29?,30?,31?,32-,33-,34-,35?,36-,37+,38+,39+,40-,41-,42+,43+,44+,45?,46?,47?,48?,49-,50-,51?,52?,56-,57-,58+,59+,60-,61-,62-/m0/s1.